The van der Waals surface area contributed by atoms with Crippen molar-refractivity contribution in [2.24, 2.45) is 11.3 Å². The van der Waals surface area contributed by atoms with Crippen molar-refractivity contribution >= 4 is 23.2 Å². The van der Waals surface area contributed by atoms with Gasteiger partial charge in [0.05, 0.1) is 4.88 Å². The van der Waals surface area contributed by atoms with Crippen LogP contribution >= 0.6 is 11.3 Å². The summed E-state index contributed by atoms with van der Waals surface area (Å²) in [5.41, 5.74) is 0.137. The maximum Gasteiger partial charge on any atom is 0.263 e. The molecule has 5 heteroatoms. The first-order valence-corrected chi connectivity index (χ1v) is 9.14. The number of carbonyl (C=O) groups excluding carboxylic acids is 2. The number of amides is 2. The van der Waals surface area contributed by atoms with Crippen molar-refractivity contribution in [2.45, 2.75) is 32.1 Å². The Labute approximate surface area is 135 Å². The molecule has 0 N–H and O–H groups in total. The molecule has 0 radical (unpaired) electrons. The molecule has 4 nitrogen and oxygen atoms in total. The van der Waals surface area contributed by atoms with Crippen LogP contribution in [0.15, 0.2) is 17.5 Å². The predicted octanol–water partition coefficient (Wildman–Crippen LogP) is 2.61. The molecule has 1 aliphatic carbocycles. The molecule has 0 atom stereocenters. The van der Waals surface area contributed by atoms with Crippen LogP contribution in [0.25, 0.3) is 0 Å². The molecule has 3 heterocycles. The molecule has 0 unspecified atom stereocenters. The Bertz CT molecular complexity index is 571. The minimum absolute atomic E-state index is 0.137. The SMILES string of the molecule is O=C1CC2(CCN(C(=O)c3cccs3)CC2)CN1CC1CC1. The van der Waals surface area contributed by atoms with Gasteiger partial charge in [-0.25, -0.2) is 0 Å². The molecule has 4 rings (SSSR count). The summed E-state index contributed by atoms with van der Waals surface area (Å²) in [5, 5.41) is 1.95. The van der Waals surface area contributed by atoms with Crippen LogP contribution in [-0.2, 0) is 4.79 Å². The van der Waals surface area contributed by atoms with Gasteiger partial charge in [0.25, 0.3) is 5.91 Å². The summed E-state index contributed by atoms with van der Waals surface area (Å²) in [6.45, 7) is 3.48. The molecule has 2 amide bonds. The lowest BCUT2D eigenvalue weighted by Gasteiger charge is -2.38. The fourth-order valence-electron chi connectivity index (χ4n) is 3.84. The van der Waals surface area contributed by atoms with Gasteiger partial charge in [-0.05, 0) is 43.0 Å². The second kappa shape index (κ2) is 5.37. The number of thiophene rings is 1. The van der Waals surface area contributed by atoms with Gasteiger partial charge in [-0.2, -0.15) is 0 Å². The van der Waals surface area contributed by atoms with Crippen molar-refractivity contribution < 1.29 is 9.59 Å². The monoisotopic (exact) mass is 318 g/mol. The van der Waals surface area contributed by atoms with Crippen LogP contribution in [-0.4, -0.2) is 47.8 Å². The molecule has 2 aliphatic heterocycles. The summed E-state index contributed by atoms with van der Waals surface area (Å²) >= 11 is 1.51. The van der Waals surface area contributed by atoms with Crippen molar-refractivity contribution in [3.8, 4) is 0 Å². The van der Waals surface area contributed by atoms with E-state index in [1.807, 2.05) is 22.4 Å². The zero-order chi connectivity index (χ0) is 15.2. The van der Waals surface area contributed by atoms with Crippen molar-refractivity contribution in [1.29, 1.82) is 0 Å². The zero-order valence-corrected chi connectivity index (χ0v) is 13.6. The van der Waals surface area contributed by atoms with Gasteiger partial charge in [-0.1, -0.05) is 6.07 Å². The van der Waals surface area contributed by atoms with E-state index < -0.39 is 0 Å². The average Bonchev–Trinajstić information content (AvgIpc) is 3.06. The van der Waals surface area contributed by atoms with E-state index in [2.05, 4.69) is 4.90 Å². The Morgan fingerprint density at radius 2 is 2.09 bits per heavy atom. The summed E-state index contributed by atoms with van der Waals surface area (Å²) in [4.78, 5) is 29.5. The minimum atomic E-state index is 0.137. The number of rotatable bonds is 3. The number of hydrogen-bond donors (Lipinski definition) is 0. The van der Waals surface area contributed by atoms with Gasteiger partial charge < -0.3 is 9.80 Å². The second-order valence-electron chi connectivity index (χ2n) is 7.16. The third-order valence-corrected chi connectivity index (χ3v) is 6.28. The summed E-state index contributed by atoms with van der Waals surface area (Å²) in [6, 6.07) is 3.82. The number of carbonyl (C=O) groups is 2. The molecule has 1 aromatic heterocycles. The first-order chi connectivity index (χ1) is 10.7. The molecular formula is C17H22N2O2S. The predicted molar refractivity (Wildman–Crippen MR) is 85.8 cm³/mol. The first kappa shape index (κ1) is 14.2. The summed E-state index contributed by atoms with van der Waals surface area (Å²) in [5.74, 6) is 1.26. The van der Waals surface area contributed by atoms with Crippen molar-refractivity contribution in [2.75, 3.05) is 26.2 Å². The van der Waals surface area contributed by atoms with Gasteiger partial charge in [-0.3, -0.25) is 9.59 Å². The Kier molecular flexibility index (Phi) is 3.48. The minimum Gasteiger partial charge on any atom is -0.342 e. The van der Waals surface area contributed by atoms with Crippen LogP contribution < -0.4 is 0 Å². The average molecular weight is 318 g/mol. The van der Waals surface area contributed by atoms with E-state index >= 15 is 0 Å². The molecule has 1 aromatic rings. The van der Waals surface area contributed by atoms with Crippen LogP contribution in [0.5, 0.6) is 0 Å². The van der Waals surface area contributed by atoms with Gasteiger partial charge in [0.1, 0.15) is 0 Å². The maximum atomic E-state index is 12.4. The van der Waals surface area contributed by atoms with Crippen LogP contribution in [0.3, 0.4) is 0 Å². The zero-order valence-electron chi connectivity index (χ0n) is 12.8. The molecule has 2 saturated heterocycles. The summed E-state index contributed by atoms with van der Waals surface area (Å²) in [7, 11) is 0. The lowest BCUT2D eigenvalue weighted by molar-refractivity contribution is -0.128. The Hall–Kier alpha value is -1.36. The number of nitrogens with zero attached hydrogens (tertiary/aromatic N) is 2. The molecular weight excluding hydrogens is 296 g/mol. The lowest BCUT2D eigenvalue weighted by atomic mass is 9.77. The number of piperidine rings is 1. The van der Waals surface area contributed by atoms with Gasteiger partial charge in [-0.15, -0.1) is 11.3 Å². The van der Waals surface area contributed by atoms with Crippen LogP contribution in [0.4, 0.5) is 0 Å². The third kappa shape index (κ3) is 2.67. The molecule has 0 bridgehead atoms. The lowest BCUT2D eigenvalue weighted by Crippen LogP contribution is -2.44. The van der Waals surface area contributed by atoms with E-state index in [4.69, 9.17) is 0 Å². The summed E-state index contributed by atoms with van der Waals surface area (Å²) < 4.78 is 0. The molecule has 3 aliphatic rings. The van der Waals surface area contributed by atoms with Crippen LogP contribution in [0.1, 0.15) is 41.8 Å². The molecule has 1 saturated carbocycles. The Morgan fingerprint density at radius 3 is 2.73 bits per heavy atom. The van der Waals surface area contributed by atoms with E-state index in [0.29, 0.717) is 12.3 Å². The maximum absolute atomic E-state index is 12.4. The van der Waals surface area contributed by atoms with Gasteiger partial charge in [0.15, 0.2) is 0 Å². The standard InChI is InChI=1S/C17H22N2O2S/c20-15-10-17(12-19(15)11-13-3-4-13)5-7-18(8-6-17)16(21)14-2-1-9-22-14/h1-2,9,13H,3-8,10-12H2. The summed E-state index contributed by atoms with van der Waals surface area (Å²) in [6.07, 6.45) is 5.22. The smallest absolute Gasteiger partial charge is 0.263 e. The van der Waals surface area contributed by atoms with Crippen molar-refractivity contribution in [3.05, 3.63) is 22.4 Å². The molecule has 3 fully saturated rings. The number of likely N-dealkylation sites (tertiary alicyclic amines) is 2. The highest BCUT2D eigenvalue weighted by molar-refractivity contribution is 7.12. The third-order valence-electron chi connectivity index (χ3n) is 5.42. The Morgan fingerprint density at radius 1 is 1.32 bits per heavy atom. The van der Waals surface area contributed by atoms with Gasteiger partial charge in [0.2, 0.25) is 5.91 Å². The van der Waals surface area contributed by atoms with E-state index in [-0.39, 0.29) is 11.3 Å². The highest BCUT2D eigenvalue weighted by atomic mass is 32.1. The van der Waals surface area contributed by atoms with Gasteiger partial charge >= 0.3 is 0 Å². The van der Waals surface area contributed by atoms with E-state index in [0.717, 1.165) is 49.8 Å². The molecule has 0 aromatic carbocycles. The quantitative estimate of drug-likeness (QED) is 0.859. The second-order valence-corrected chi connectivity index (χ2v) is 8.11. The van der Waals surface area contributed by atoms with Crippen LogP contribution in [0, 0.1) is 11.3 Å². The highest BCUT2D eigenvalue weighted by Gasteiger charge is 2.46. The van der Waals surface area contributed by atoms with Crippen LogP contribution in [0.2, 0.25) is 0 Å². The highest BCUT2D eigenvalue weighted by Crippen LogP contribution is 2.43. The molecule has 1 spiro atoms. The topological polar surface area (TPSA) is 40.6 Å². The molecule has 118 valence electrons. The fraction of sp³-hybridized carbons (Fsp3) is 0.647. The van der Waals surface area contributed by atoms with Crippen molar-refractivity contribution in [3.63, 3.8) is 0 Å². The molecule has 22 heavy (non-hydrogen) atoms. The first-order valence-electron chi connectivity index (χ1n) is 8.26. The van der Waals surface area contributed by atoms with Crippen molar-refractivity contribution in [1.82, 2.24) is 9.80 Å². The number of hydrogen-bond acceptors (Lipinski definition) is 3. The van der Waals surface area contributed by atoms with Gasteiger partial charge in [0, 0.05) is 38.0 Å². The fourth-order valence-corrected chi connectivity index (χ4v) is 4.53. The normalized spacial score (nSPS) is 24.3. The van der Waals surface area contributed by atoms with E-state index in [9.17, 15) is 9.59 Å². The largest absolute Gasteiger partial charge is 0.342 e. The van der Waals surface area contributed by atoms with E-state index in [1.54, 1.807) is 0 Å². The Balaban J connectivity index is 1.37. The van der Waals surface area contributed by atoms with E-state index in [1.165, 1.54) is 24.2 Å².